The van der Waals surface area contributed by atoms with Crippen LogP contribution in [0.15, 0.2) is 82.7 Å². The third-order valence-electron chi connectivity index (χ3n) is 5.39. The van der Waals surface area contributed by atoms with E-state index >= 15 is 0 Å². The predicted molar refractivity (Wildman–Crippen MR) is 147 cm³/mol. The van der Waals surface area contributed by atoms with Crippen LogP contribution in [-0.2, 0) is 0 Å². The van der Waals surface area contributed by atoms with Crippen molar-refractivity contribution in [1.29, 1.82) is 0 Å². The van der Waals surface area contributed by atoms with Crippen molar-refractivity contribution in [1.82, 2.24) is 15.0 Å². The summed E-state index contributed by atoms with van der Waals surface area (Å²) in [5, 5.41) is 26.1. The van der Waals surface area contributed by atoms with Crippen LogP contribution in [0, 0.1) is 0 Å². The number of hydrogen-bond donors (Lipinski definition) is 2. The Morgan fingerprint density at radius 3 is 2.11 bits per heavy atom. The summed E-state index contributed by atoms with van der Waals surface area (Å²) in [6, 6.07) is 20.2. The second kappa shape index (κ2) is 13.1. The van der Waals surface area contributed by atoms with Crippen molar-refractivity contribution in [2.75, 3.05) is 48.5 Å². The van der Waals surface area contributed by atoms with Crippen molar-refractivity contribution in [2.45, 2.75) is 9.79 Å². The quantitative estimate of drug-likeness (QED) is 0.301. The van der Waals surface area contributed by atoms with Crippen molar-refractivity contribution in [3.63, 3.8) is 0 Å². The van der Waals surface area contributed by atoms with Crippen LogP contribution < -0.4 is 9.47 Å². The van der Waals surface area contributed by atoms with Crippen LogP contribution in [-0.4, -0.2) is 84.2 Å². The Bertz CT molecular complexity index is 1330. The molecule has 0 aliphatic carbocycles. The number of aromatic carboxylic acids is 1. The van der Waals surface area contributed by atoms with Crippen molar-refractivity contribution >= 4 is 17.7 Å². The molecule has 0 fully saturated rings. The number of rotatable bonds is 9. The second-order valence-electron chi connectivity index (χ2n) is 9.22. The lowest BCUT2D eigenvalue weighted by Gasteiger charge is -2.21. The highest BCUT2D eigenvalue weighted by Gasteiger charge is 2.16. The maximum absolute atomic E-state index is 11.1. The summed E-state index contributed by atoms with van der Waals surface area (Å²) in [5.74, 6) is 0.300. The third kappa shape index (κ3) is 7.58. The van der Waals surface area contributed by atoms with Gasteiger partial charge in [-0.2, -0.15) is 0 Å². The first-order valence-corrected chi connectivity index (χ1v) is 12.6. The van der Waals surface area contributed by atoms with Gasteiger partial charge in [-0.25, -0.2) is 9.48 Å². The molecule has 0 aliphatic rings. The van der Waals surface area contributed by atoms with E-state index in [1.54, 1.807) is 43.2 Å². The Morgan fingerprint density at radius 2 is 1.58 bits per heavy atom. The van der Waals surface area contributed by atoms with Gasteiger partial charge in [-0.15, -0.1) is 5.10 Å². The molecule has 0 atom stereocenters. The zero-order chi connectivity index (χ0) is 27.7. The van der Waals surface area contributed by atoms with E-state index in [1.807, 2.05) is 48.7 Å². The zero-order valence-electron chi connectivity index (χ0n) is 22.2. The summed E-state index contributed by atoms with van der Waals surface area (Å²) in [6.07, 6.45) is 1.83. The third-order valence-corrected chi connectivity index (χ3v) is 6.47. The topological polar surface area (TPSA) is 107 Å². The molecule has 3 aromatic carbocycles. The number of hydrogen-bond acceptors (Lipinski definition) is 7. The van der Waals surface area contributed by atoms with E-state index in [0.717, 1.165) is 26.4 Å². The van der Waals surface area contributed by atoms with Crippen LogP contribution >= 0.6 is 11.8 Å². The Labute approximate surface area is 226 Å². The number of aromatic nitrogens is 3. The molecule has 4 aromatic rings. The zero-order valence-corrected chi connectivity index (χ0v) is 23.0. The number of ether oxygens (including phenoxy) is 2. The van der Waals surface area contributed by atoms with E-state index < -0.39 is 5.97 Å². The first-order chi connectivity index (χ1) is 18.2. The highest BCUT2D eigenvalue weighted by molar-refractivity contribution is 7.99. The number of methoxy groups -OCH3 is 2. The summed E-state index contributed by atoms with van der Waals surface area (Å²) in [5.41, 5.74) is 2.53. The van der Waals surface area contributed by atoms with E-state index in [-0.39, 0.29) is 12.2 Å². The van der Waals surface area contributed by atoms with Crippen LogP contribution in [0.4, 0.5) is 0 Å². The smallest absolute Gasteiger partial charge is 0.335 e. The largest absolute Gasteiger partial charge is 0.494 e. The number of carboxylic acid groups (broad SMARTS) is 1. The number of likely N-dealkylation sites (N-methyl/N-ethyl adjacent to an activating group) is 1. The van der Waals surface area contributed by atoms with Gasteiger partial charge in [0, 0.05) is 15.4 Å². The van der Waals surface area contributed by atoms with E-state index in [1.165, 1.54) is 11.8 Å². The SMILES string of the molecule is COc1cccc(OC)c1-n1cc(-c2ccccc2Sc2ccc(C(=O)O)cc2)nn1.C[N+](C)(C)CCO. The van der Waals surface area contributed by atoms with Gasteiger partial charge < -0.3 is 24.2 Å². The Morgan fingerprint density at radius 1 is 0.947 bits per heavy atom. The van der Waals surface area contributed by atoms with Crippen molar-refractivity contribution < 1.29 is 29.0 Å². The molecule has 1 heterocycles. The number of aliphatic hydroxyl groups is 1. The average Bonchev–Trinajstić information content (AvgIpc) is 3.38. The molecule has 0 saturated heterocycles. The second-order valence-corrected chi connectivity index (χ2v) is 10.3. The fraction of sp³-hybridized carbons (Fsp3) is 0.250. The summed E-state index contributed by atoms with van der Waals surface area (Å²) in [6.45, 7) is 1.11. The average molecular weight is 538 g/mol. The summed E-state index contributed by atoms with van der Waals surface area (Å²) >= 11 is 1.53. The van der Waals surface area contributed by atoms with E-state index in [4.69, 9.17) is 19.7 Å². The molecule has 0 amide bonds. The molecule has 0 aliphatic heterocycles. The minimum atomic E-state index is -0.944. The number of aliphatic hydroxyl groups excluding tert-OH is 1. The monoisotopic (exact) mass is 537 g/mol. The molecule has 0 bridgehead atoms. The predicted octanol–water partition coefficient (Wildman–Crippen LogP) is 4.49. The maximum atomic E-state index is 11.1. The van der Waals surface area contributed by atoms with Gasteiger partial charge in [0.1, 0.15) is 23.7 Å². The lowest BCUT2D eigenvalue weighted by molar-refractivity contribution is -0.870. The Balaban J connectivity index is 0.000000505. The molecule has 9 nitrogen and oxygen atoms in total. The normalized spacial score (nSPS) is 10.9. The van der Waals surface area contributed by atoms with Crippen molar-refractivity contribution in [3.8, 4) is 28.4 Å². The minimum absolute atomic E-state index is 0.256. The fourth-order valence-electron chi connectivity index (χ4n) is 3.41. The van der Waals surface area contributed by atoms with E-state index in [0.29, 0.717) is 22.9 Å². The molecule has 0 unspecified atom stereocenters. The number of nitrogens with zero attached hydrogens (tertiary/aromatic N) is 4. The van der Waals surface area contributed by atoms with Gasteiger partial charge >= 0.3 is 5.97 Å². The molecule has 0 saturated carbocycles. The lowest BCUT2D eigenvalue weighted by atomic mass is 10.2. The van der Waals surface area contributed by atoms with Gasteiger partial charge in [-0.05, 0) is 42.5 Å². The molecular weight excluding hydrogens is 504 g/mol. The first-order valence-electron chi connectivity index (χ1n) is 11.8. The van der Waals surface area contributed by atoms with Gasteiger partial charge in [0.25, 0.3) is 0 Å². The number of carbonyl (C=O) groups is 1. The molecule has 200 valence electrons. The van der Waals surface area contributed by atoms with Crippen LogP contribution in [0.3, 0.4) is 0 Å². The summed E-state index contributed by atoms with van der Waals surface area (Å²) in [7, 11) is 9.35. The molecule has 38 heavy (non-hydrogen) atoms. The van der Waals surface area contributed by atoms with Gasteiger partial charge in [-0.1, -0.05) is 41.2 Å². The number of carboxylic acids is 1. The summed E-state index contributed by atoms with van der Waals surface area (Å²) in [4.78, 5) is 13.0. The fourth-order valence-corrected chi connectivity index (χ4v) is 4.37. The van der Waals surface area contributed by atoms with E-state index in [2.05, 4.69) is 31.5 Å². The van der Waals surface area contributed by atoms with Gasteiger partial charge in [0.2, 0.25) is 0 Å². The standard InChI is InChI=1S/C23H19N3O4S.C5H14NO/c1-29-19-7-5-8-20(30-2)22(19)26-14-18(24-25-26)17-6-3-4-9-21(17)31-16-12-10-15(11-13-16)23(27)28;1-6(2,3)4-5-7/h3-14H,1-2H3,(H,27,28);7H,4-5H2,1-3H3/q;+1. The molecule has 10 heteroatoms. The van der Waals surface area contributed by atoms with Crippen LogP contribution in [0.2, 0.25) is 0 Å². The lowest BCUT2D eigenvalue weighted by Crippen LogP contribution is -2.36. The van der Waals surface area contributed by atoms with E-state index in [9.17, 15) is 4.79 Å². The molecular formula is C28H33N4O5S+. The highest BCUT2D eigenvalue weighted by Crippen LogP contribution is 2.37. The van der Waals surface area contributed by atoms with Crippen LogP contribution in [0.1, 0.15) is 10.4 Å². The first kappa shape index (κ1) is 28.7. The van der Waals surface area contributed by atoms with Crippen molar-refractivity contribution in [3.05, 3.63) is 78.5 Å². The van der Waals surface area contributed by atoms with Gasteiger partial charge in [-0.3, -0.25) is 0 Å². The molecule has 0 radical (unpaired) electrons. The van der Waals surface area contributed by atoms with Crippen LogP contribution in [0.5, 0.6) is 11.5 Å². The maximum Gasteiger partial charge on any atom is 0.335 e. The molecule has 0 spiro atoms. The molecule has 2 N–H and O–H groups in total. The highest BCUT2D eigenvalue weighted by atomic mass is 32.2. The van der Waals surface area contributed by atoms with Crippen LogP contribution in [0.25, 0.3) is 16.9 Å². The number of benzene rings is 3. The Hall–Kier alpha value is -3.86. The Kier molecular flexibility index (Phi) is 9.89. The summed E-state index contributed by atoms with van der Waals surface area (Å²) < 4.78 is 13.4. The minimum Gasteiger partial charge on any atom is -0.494 e. The molecule has 4 rings (SSSR count). The van der Waals surface area contributed by atoms with Gasteiger partial charge in [0.15, 0.2) is 5.69 Å². The van der Waals surface area contributed by atoms with Crippen molar-refractivity contribution in [2.24, 2.45) is 0 Å². The molecule has 1 aromatic heterocycles. The number of quaternary nitrogens is 1. The van der Waals surface area contributed by atoms with Gasteiger partial charge in [0.05, 0.1) is 53.7 Å². The number of para-hydroxylation sites is 1.